The molecule has 3 rings (SSSR count). The van der Waals surface area contributed by atoms with Gasteiger partial charge >= 0.3 is 11.9 Å². The third-order valence-electron chi connectivity index (χ3n) is 4.32. The monoisotopic (exact) mass is 180 g/mol. The van der Waals surface area contributed by atoms with Crippen molar-refractivity contribution in [2.24, 2.45) is 10.8 Å². The third kappa shape index (κ3) is 0.578. The fourth-order valence-electron chi connectivity index (χ4n) is 3.39. The lowest BCUT2D eigenvalue weighted by Crippen LogP contribution is -2.55. The largest absolute Gasteiger partial charge is 0.392 e. The van der Waals surface area contributed by atoms with Crippen LogP contribution in [0.4, 0.5) is 0 Å². The zero-order valence-corrected chi connectivity index (χ0v) is 7.47. The van der Waals surface area contributed by atoms with Crippen LogP contribution in [0.5, 0.6) is 0 Å². The van der Waals surface area contributed by atoms with E-state index in [4.69, 9.17) is 4.74 Å². The Kier molecular flexibility index (Phi) is 1.14. The van der Waals surface area contributed by atoms with Gasteiger partial charge in [-0.3, -0.25) is 9.59 Å². The number of rotatable bonds is 0. The van der Waals surface area contributed by atoms with Crippen molar-refractivity contribution in [3.63, 3.8) is 0 Å². The highest BCUT2D eigenvalue weighted by Crippen LogP contribution is 2.68. The summed E-state index contributed by atoms with van der Waals surface area (Å²) in [6, 6.07) is 0. The highest BCUT2D eigenvalue weighted by atomic mass is 16.6. The minimum atomic E-state index is -0.373. The maximum atomic E-state index is 11.6. The summed E-state index contributed by atoms with van der Waals surface area (Å²) in [5, 5.41) is 0. The van der Waals surface area contributed by atoms with Crippen molar-refractivity contribution in [2.45, 2.75) is 38.5 Å². The first-order chi connectivity index (χ1) is 6.21. The van der Waals surface area contributed by atoms with E-state index in [9.17, 15) is 9.59 Å². The molecule has 3 fully saturated rings. The van der Waals surface area contributed by atoms with Gasteiger partial charge in [-0.25, -0.2) is 0 Å². The first-order valence-electron chi connectivity index (χ1n) is 4.98. The van der Waals surface area contributed by atoms with Crippen LogP contribution in [0.3, 0.4) is 0 Å². The van der Waals surface area contributed by atoms with E-state index in [2.05, 4.69) is 0 Å². The van der Waals surface area contributed by atoms with E-state index in [-0.39, 0.29) is 22.8 Å². The lowest BCUT2D eigenvalue weighted by atomic mass is 9.45. The Balaban J connectivity index is 2.11. The molecule has 3 nitrogen and oxygen atoms in total. The molecular formula is C10H12O3. The van der Waals surface area contributed by atoms with Crippen molar-refractivity contribution in [1.29, 1.82) is 0 Å². The van der Waals surface area contributed by atoms with Gasteiger partial charge < -0.3 is 4.74 Å². The van der Waals surface area contributed by atoms with Crippen molar-refractivity contribution in [3.05, 3.63) is 0 Å². The molecule has 2 unspecified atom stereocenters. The predicted octanol–water partition coefficient (Wildman–Crippen LogP) is 1.41. The van der Waals surface area contributed by atoms with Gasteiger partial charge in [0.1, 0.15) is 0 Å². The number of esters is 2. The zero-order valence-electron chi connectivity index (χ0n) is 7.47. The molecule has 0 radical (unpaired) electrons. The Morgan fingerprint density at radius 2 is 1.31 bits per heavy atom. The molecule has 3 aliphatic rings. The normalized spacial score (nSPS) is 47.7. The van der Waals surface area contributed by atoms with Gasteiger partial charge in [0, 0.05) is 0 Å². The molecule has 2 atom stereocenters. The molecule has 0 amide bonds. The van der Waals surface area contributed by atoms with Crippen molar-refractivity contribution >= 4 is 11.9 Å². The molecule has 0 aromatic heterocycles. The molecule has 0 N–H and O–H groups in total. The zero-order chi connectivity index (χ0) is 9.10. The van der Waals surface area contributed by atoms with Crippen molar-refractivity contribution < 1.29 is 14.3 Å². The Bertz CT molecular complexity index is 279. The molecule has 2 aliphatic carbocycles. The molecule has 70 valence electrons. The minimum absolute atomic E-state index is 0.233. The first kappa shape index (κ1) is 7.54. The van der Waals surface area contributed by atoms with Gasteiger partial charge in [0.15, 0.2) is 0 Å². The molecule has 1 heterocycles. The van der Waals surface area contributed by atoms with E-state index < -0.39 is 0 Å². The van der Waals surface area contributed by atoms with Crippen molar-refractivity contribution in [1.82, 2.24) is 0 Å². The van der Waals surface area contributed by atoms with E-state index in [0.29, 0.717) is 0 Å². The highest BCUT2D eigenvalue weighted by Gasteiger charge is 2.74. The quantitative estimate of drug-likeness (QED) is 0.418. The second-order valence-corrected chi connectivity index (χ2v) is 4.55. The Morgan fingerprint density at radius 3 is 1.69 bits per heavy atom. The van der Waals surface area contributed by atoms with E-state index in [1.54, 1.807) is 0 Å². The summed E-state index contributed by atoms with van der Waals surface area (Å²) < 4.78 is 4.80. The summed E-state index contributed by atoms with van der Waals surface area (Å²) in [7, 11) is 0. The fraction of sp³-hybridized carbons (Fsp3) is 0.800. The van der Waals surface area contributed by atoms with Crippen LogP contribution in [-0.2, 0) is 14.3 Å². The molecule has 0 aromatic carbocycles. The second kappa shape index (κ2) is 1.97. The average molecular weight is 180 g/mol. The Morgan fingerprint density at radius 1 is 0.846 bits per heavy atom. The topological polar surface area (TPSA) is 43.4 Å². The number of hydrogen-bond acceptors (Lipinski definition) is 3. The van der Waals surface area contributed by atoms with Crippen LogP contribution < -0.4 is 0 Å². The maximum absolute atomic E-state index is 11.6. The van der Waals surface area contributed by atoms with Gasteiger partial charge in [0.25, 0.3) is 0 Å². The van der Waals surface area contributed by atoms with Crippen LogP contribution in [-0.4, -0.2) is 11.9 Å². The van der Waals surface area contributed by atoms with Gasteiger partial charge in [-0.2, -0.15) is 0 Å². The van der Waals surface area contributed by atoms with Gasteiger partial charge in [-0.15, -0.1) is 0 Å². The van der Waals surface area contributed by atoms with Crippen LogP contribution in [0.25, 0.3) is 0 Å². The average Bonchev–Trinajstić information content (AvgIpc) is 2.22. The molecule has 0 spiro atoms. The van der Waals surface area contributed by atoms with E-state index in [1.165, 1.54) is 0 Å². The third-order valence-corrected chi connectivity index (χ3v) is 4.32. The minimum Gasteiger partial charge on any atom is -0.392 e. The predicted molar refractivity (Wildman–Crippen MR) is 43.7 cm³/mol. The molecular weight excluding hydrogens is 168 g/mol. The van der Waals surface area contributed by atoms with Gasteiger partial charge in [0.05, 0.1) is 10.8 Å². The number of cyclic esters (lactones) is 2. The lowest BCUT2D eigenvalue weighted by molar-refractivity contribution is -0.157. The Hall–Kier alpha value is -0.860. The number of hydrogen-bond donors (Lipinski definition) is 0. The summed E-state index contributed by atoms with van der Waals surface area (Å²) in [5.74, 6) is -0.466. The van der Waals surface area contributed by atoms with Crippen LogP contribution >= 0.6 is 0 Å². The maximum Gasteiger partial charge on any atom is 0.320 e. The summed E-state index contributed by atoms with van der Waals surface area (Å²) in [6.45, 7) is 0. The standard InChI is InChI=1S/C10H12O3/c11-7-9-3-1-2-4-10(9,6-5-9)8(12)13-7/h1-6H2. The van der Waals surface area contributed by atoms with Crippen LogP contribution in [0, 0.1) is 10.8 Å². The molecule has 2 saturated carbocycles. The molecule has 1 aliphatic heterocycles. The van der Waals surface area contributed by atoms with Crippen molar-refractivity contribution in [2.75, 3.05) is 0 Å². The van der Waals surface area contributed by atoms with E-state index in [1.807, 2.05) is 0 Å². The molecule has 1 saturated heterocycles. The second-order valence-electron chi connectivity index (χ2n) is 4.55. The highest BCUT2D eigenvalue weighted by molar-refractivity contribution is 6.03. The Labute approximate surface area is 76.4 Å². The SMILES string of the molecule is O=C1OC(=O)C23CCCCC12CC3. The number of carbonyl (C=O) groups excluding carboxylic acids is 2. The first-order valence-corrected chi connectivity index (χ1v) is 4.98. The lowest BCUT2D eigenvalue weighted by Gasteiger charge is -2.52. The van der Waals surface area contributed by atoms with Gasteiger partial charge in [-0.05, 0) is 25.7 Å². The van der Waals surface area contributed by atoms with Gasteiger partial charge in [0.2, 0.25) is 0 Å². The molecule has 13 heavy (non-hydrogen) atoms. The smallest absolute Gasteiger partial charge is 0.320 e. The van der Waals surface area contributed by atoms with Crippen LogP contribution in [0.2, 0.25) is 0 Å². The van der Waals surface area contributed by atoms with E-state index >= 15 is 0 Å². The van der Waals surface area contributed by atoms with E-state index in [0.717, 1.165) is 38.5 Å². The summed E-state index contributed by atoms with van der Waals surface area (Å²) in [4.78, 5) is 23.1. The summed E-state index contributed by atoms with van der Waals surface area (Å²) in [5.41, 5.74) is -0.745. The summed E-state index contributed by atoms with van der Waals surface area (Å²) >= 11 is 0. The summed E-state index contributed by atoms with van der Waals surface area (Å²) in [6.07, 6.45) is 5.64. The van der Waals surface area contributed by atoms with Crippen LogP contribution in [0.1, 0.15) is 38.5 Å². The van der Waals surface area contributed by atoms with Crippen LogP contribution in [0.15, 0.2) is 0 Å². The van der Waals surface area contributed by atoms with Gasteiger partial charge in [-0.1, -0.05) is 12.8 Å². The fourth-order valence-corrected chi connectivity index (χ4v) is 3.39. The molecule has 3 heteroatoms. The number of ether oxygens (including phenoxy) is 1. The molecule has 0 aromatic rings. The van der Waals surface area contributed by atoms with Crippen molar-refractivity contribution in [3.8, 4) is 0 Å². The number of carbonyl (C=O) groups is 2. The molecule has 0 bridgehead atoms.